The smallest absolute Gasteiger partial charge is 0.408 e. The van der Waals surface area contributed by atoms with Gasteiger partial charge in [-0.1, -0.05) is 56.4 Å². The van der Waals surface area contributed by atoms with E-state index in [4.69, 9.17) is 48.8 Å². The molecule has 0 radical (unpaired) electrons. The Morgan fingerprint density at radius 2 is 1.70 bits per heavy atom. The van der Waals surface area contributed by atoms with Gasteiger partial charge in [-0.3, -0.25) is 38.6 Å². The Morgan fingerprint density at radius 3 is 2.41 bits per heavy atom. The molecule has 442 valence electrons. The summed E-state index contributed by atoms with van der Waals surface area (Å²) >= 11 is 9.59. The number of ether oxygens (including phenoxy) is 4. The molecule has 28 nitrogen and oxygen atoms in total. The monoisotopic (exact) mass is 1220 g/mol. The first-order chi connectivity index (χ1) is 38.8. The number of alkyl carbamates (subject to hydrolysis) is 2. The Morgan fingerprint density at radius 1 is 0.939 bits per heavy atom. The summed E-state index contributed by atoms with van der Waals surface area (Å²) in [4.78, 5) is 109. The van der Waals surface area contributed by atoms with Crippen molar-refractivity contribution >= 4 is 90.3 Å². The Bertz CT molecular complexity index is 3280. The molecule has 1 aliphatic carbocycles. The quantitative estimate of drug-likeness (QED) is 0.0472. The lowest BCUT2D eigenvalue weighted by Crippen LogP contribution is -2.54. The van der Waals surface area contributed by atoms with Crippen LogP contribution in [-0.2, 0) is 71.3 Å². The van der Waals surface area contributed by atoms with Crippen LogP contribution >= 0.6 is 25.8 Å². The van der Waals surface area contributed by atoms with Gasteiger partial charge in [0.1, 0.15) is 55.0 Å². The fraction of sp³-hybridized carbons (Fsp3) is 0.480. The molecule has 8 rings (SSSR count). The number of nitrogens with zero attached hydrogens (tertiary/aromatic N) is 5. The minimum atomic E-state index is -4.35. The third-order valence-corrected chi connectivity index (χ3v) is 16.1. The molecule has 11 atom stereocenters. The van der Waals surface area contributed by atoms with Crippen molar-refractivity contribution in [2.45, 2.75) is 122 Å². The number of anilines is 2. The van der Waals surface area contributed by atoms with E-state index >= 15 is 0 Å². The van der Waals surface area contributed by atoms with Crippen LogP contribution in [-0.4, -0.2) is 137 Å². The van der Waals surface area contributed by atoms with Gasteiger partial charge in [0, 0.05) is 42.4 Å². The third kappa shape index (κ3) is 16.4. The number of H-pyrrole nitrogens is 1. The SMILES string of the molecule is CC(C)[C@H](NC(=O)OC(C)(C)C)C(=O)N[C@@H](C)C(=O)Nc1ccc(COC(=O)NCCc2ccccc2C(=O)Nc2nc3c(ncn3[C@@H]3O[C@@H]4COP(O)(=S)O[C@H]5C[C@H](Oc6ccncn6)C[C@@H]5COP(=O)(S)O[C@@H]3[C@@H]4O)c(=O)[nH]2)cc1. The fourth-order valence-corrected chi connectivity index (χ4v) is 12.0. The maximum Gasteiger partial charge on any atom is 0.408 e. The van der Waals surface area contributed by atoms with Crippen molar-refractivity contribution < 1.29 is 75.6 Å². The van der Waals surface area contributed by atoms with Crippen molar-refractivity contribution in [2.24, 2.45) is 11.8 Å². The van der Waals surface area contributed by atoms with Gasteiger partial charge in [0.25, 0.3) is 11.5 Å². The molecule has 2 unspecified atom stereocenters. The number of hydrogen-bond donors (Lipinski definition) is 9. The van der Waals surface area contributed by atoms with Crippen molar-refractivity contribution in [1.82, 2.24) is 45.4 Å². The van der Waals surface area contributed by atoms with Gasteiger partial charge in [-0.25, -0.2) is 29.1 Å². The number of hydrogen-bond acceptors (Lipinski definition) is 21. The van der Waals surface area contributed by atoms with E-state index in [1.54, 1.807) is 83.1 Å². The second-order valence-electron chi connectivity index (χ2n) is 20.7. The molecular formula is C50H63N11O17P2S2. The molecular weight excluding hydrogens is 1150 g/mol. The Kier molecular flexibility index (Phi) is 19.9. The van der Waals surface area contributed by atoms with Crippen molar-refractivity contribution in [2.75, 3.05) is 30.4 Å². The Hall–Kier alpha value is -6.43. The second kappa shape index (κ2) is 26.4. The van der Waals surface area contributed by atoms with Gasteiger partial charge < -0.3 is 63.8 Å². The van der Waals surface area contributed by atoms with Crippen LogP contribution in [0.3, 0.4) is 0 Å². The first kappa shape index (κ1) is 61.6. The van der Waals surface area contributed by atoms with E-state index in [1.165, 1.54) is 36.4 Å². The number of imidazole rings is 1. The van der Waals surface area contributed by atoms with Crippen LogP contribution in [0.5, 0.6) is 5.88 Å². The predicted octanol–water partition coefficient (Wildman–Crippen LogP) is 4.81. The van der Waals surface area contributed by atoms with Crippen molar-refractivity contribution in [1.29, 1.82) is 0 Å². The van der Waals surface area contributed by atoms with Crippen molar-refractivity contribution in [3.05, 3.63) is 100 Å². The first-order valence-electron chi connectivity index (χ1n) is 25.8. The summed E-state index contributed by atoms with van der Waals surface area (Å²) in [5.41, 5.74) is -0.207. The largest absolute Gasteiger partial charge is 0.474 e. The fourth-order valence-electron chi connectivity index (χ4n) is 8.97. The molecule has 2 aromatic carbocycles. The molecule has 5 amide bonds. The summed E-state index contributed by atoms with van der Waals surface area (Å²) < 4.78 is 61.2. The standard InChI is InChI=1S/C50H63N11O17P2S2/c1-26(2)37(57-49(68)76-50(4,5)6)44(65)55-27(3)42(63)56-31-13-11-28(12-14-31)21-71-48(67)52-18-15-29-9-7-8-10-33(29)43(64)59-47-58-41-38(45(66)60-47)54-25-61(41)46-40-39(62)35(75-46)23-73-79(69,81)77-34-20-32(74-36-16-17-51-24-53-36)19-30(34)22-72-80(70,82)78-40/h7-14,16-17,24-27,30,32,34-35,37,39-40,46,62H,15,18-23H2,1-6H3,(H,52,67)(H,55,65)(H,56,63)(H,57,68)(H,69,81)(H,70,82)(H2,58,59,60,64,66)/t27-,30+,32+,34-,35+,37-,39+,40+,46+,79?,80?/m0/s1. The van der Waals surface area contributed by atoms with Gasteiger partial charge in [-0.05, 0) is 87.6 Å². The summed E-state index contributed by atoms with van der Waals surface area (Å²) in [7, 11) is 0. The lowest BCUT2D eigenvalue weighted by atomic mass is 10.0. The number of fused-ring (bicyclic) bond motifs is 4. The summed E-state index contributed by atoms with van der Waals surface area (Å²) in [5, 5.41) is 24.7. The number of aromatic nitrogens is 6. The Labute approximate surface area is 479 Å². The average molecular weight is 1220 g/mol. The molecule has 2 bridgehead atoms. The van der Waals surface area contributed by atoms with Gasteiger partial charge in [0.05, 0.1) is 25.6 Å². The summed E-state index contributed by atoms with van der Waals surface area (Å²) in [6.07, 6.45) is -3.92. The van der Waals surface area contributed by atoms with Gasteiger partial charge in [-0.15, -0.1) is 0 Å². The van der Waals surface area contributed by atoms with Gasteiger partial charge in [0.2, 0.25) is 23.6 Å². The number of nitrogens with one attached hydrogen (secondary N) is 6. The number of benzene rings is 2. The lowest BCUT2D eigenvalue weighted by Gasteiger charge is -2.27. The molecule has 5 heterocycles. The molecule has 2 saturated heterocycles. The molecule has 82 heavy (non-hydrogen) atoms. The van der Waals surface area contributed by atoms with Crippen LogP contribution in [0.4, 0.5) is 21.2 Å². The second-order valence-corrected chi connectivity index (χ2v) is 26.4. The van der Waals surface area contributed by atoms with E-state index < -0.39 is 116 Å². The van der Waals surface area contributed by atoms with E-state index in [0.717, 1.165) is 0 Å². The van der Waals surface area contributed by atoms with E-state index in [9.17, 15) is 43.3 Å². The van der Waals surface area contributed by atoms with Crippen LogP contribution in [0.2, 0.25) is 0 Å². The van der Waals surface area contributed by atoms with Crippen molar-refractivity contribution in [3.63, 3.8) is 0 Å². The van der Waals surface area contributed by atoms with E-state index in [0.29, 0.717) is 29.1 Å². The van der Waals surface area contributed by atoms with Crippen LogP contribution in [0.15, 0.2) is 78.2 Å². The number of amides is 5. The number of aromatic amines is 1. The normalized spacial score (nSPS) is 25.5. The highest BCUT2D eigenvalue weighted by Gasteiger charge is 2.51. The zero-order valence-corrected chi connectivity index (χ0v) is 48.7. The average Bonchev–Trinajstić information content (AvgIpc) is 3.59. The summed E-state index contributed by atoms with van der Waals surface area (Å²) in [5.74, 6) is -2.61. The Balaban J connectivity index is 0.846. The van der Waals surface area contributed by atoms with Crippen molar-refractivity contribution in [3.8, 4) is 5.88 Å². The highest BCUT2D eigenvalue weighted by molar-refractivity contribution is 8.44. The van der Waals surface area contributed by atoms with E-state index in [1.807, 2.05) is 0 Å². The number of rotatable bonds is 16. The molecule has 0 spiro atoms. The van der Waals surface area contributed by atoms with Gasteiger partial charge in [0.15, 0.2) is 17.4 Å². The molecule has 3 fully saturated rings. The van der Waals surface area contributed by atoms with Crippen LogP contribution in [0.25, 0.3) is 11.2 Å². The molecule has 3 aromatic heterocycles. The molecule has 5 aromatic rings. The van der Waals surface area contributed by atoms with Crippen LogP contribution in [0.1, 0.15) is 82.1 Å². The molecule has 3 aliphatic rings. The van der Waals surface area contributed by atoms with Crippen LogP contribution < -0.4 is 36.9 Å². The zero-order chi connectivity index (χ0) is 59.1. The number of aliphatic hydroxyl groups is 1. The third-order valence-electron chi connectivity index (χ3n) is 12.9. The number of thiol groups is 1. The summed E-state index contributed by atoms with van der Waals surface area (Å²) in [6, 6.07) is 12.7. The topological polar surface area (TPSA) is 366 Å². The maximum atomic E-state index is 13.9. The highest BCUT2D eigenvalue weighted by atomic mass is 32.7. The maximum absolute atomic E-state index is 13.9. The summed E-state index contributed by atoms with van der Waals surface area (Å²) in [6.45, 7) is 0.859. The van der Waals surface area contributed by atoms with Gasteiger partial charge in [-0.2, -0.15) is 4.98 Å². The van der Waals surface area contributed by atoms with E-state index in [-0.39, 0.29) is 61.2 Å². The number of aliphatic hydroxyl groups excluding tert-OH is 1. The van der Waals surface area contributed by atoms with Gasteiger partial charge >= 0.3 is 25.7 Å². The lowest BCUT2D eigenvalue weighted by molar-refractivity contribution is -0.128. The molecule has 32 heteroatoms. The minimum Gasteiger partial charge on any atom is -0.474 e. The number of carbonyl (C=O) groups excluding carboxylic acids is 5. The van der Waals surface area contributed by atoms with E-state index in [2.05, 4.69) is 63.8 Å². The first-order valence-corrected chi connectivity index (χ1v) is 31.1. The molecule has 1 saturated carbocycles. The minimum absolute atomic E-state index is 0.0484. The predicted molar refractivity (Wildman–Crippen MR) is 299 cm³/mol. The highest BCUT2D eigenvalue weighted by Crippen LogP contribution is 2.58. The van der Waals surface area contributed by atoms with Crippen LogP contribution in [0, 0.1) is 11.8 Å². The number of carbonyl (C=O) groups is 5. The molecule has 8 N–H and O–H groups in total. The molecule has 2 aliphatic heterocycles. The zero-order valence-electron chi connectivity index (χ0n) is 45.2.